The lowest BCUT2D eigenvalue weighted by Gasteiger charge is -2.29. The van der Waals surface area contributed by atoms with Gasteiger partial charge < -0.3 is 9.64 Å². The van der Waals surface area contributed by atoms with Crippen LogP contribution in [0.25, 0.3) is 0 Å². The summed E-state index contributed by atoms with van der Waals surface area (Å²) in [5.74, 6) is 0.661. The highest BCUT2D eigenvalue weighted by molar-refractivity contribution is 6.29. The standard InChI is InChI=1S/C19H20ClN3O2/c20-18-3-1-2-17(22-18)19(24)23-7-6-16-14(10-23)8-21-9-15(16)12-25-11-13-4-5-13/h1-3,8-9,13H,4-7,10-12H2. The summed E-state index contributed by atoms with van der Waals surface area (Å²) >= 11 is 5.90. The van der Waals surface area contributed by atoms with Gasteiger partial charge in [0.25, 0.3) is 5.91 Å². The Morgan fingerprint density at radius 3 is 3.00 bits per heavy atom. The van der Waals surface area contributed by atoms with Gasteiger partial charge in [-0.1, -0.05) is 17.7 Å². The van der Waals surface area contributed by atoms with Crippen molar-refractivity contribution in [2.45, 2.75) is 32.4 Å². The number of pyridine rings is 2. The Kier molecular flexibility index (Phi) is 4.68. The number of rotatable bonds is 5. The van der Waals surface area contributed by atoms with Crippen LogP contribution in [0.15, 0.2) is 30.6 Å². The van der Waals surface area contributed by atoms with E-state index in [9.17, 15) is 4.79 Å². The van der Waals surface area contributed by atoms with Crippen LogP contribution in [0.4, 0.5) is 0 Å². The lowest BCUT2D eigenvalue weighted by molar-refractivity contribution is 0.0726. The van der Waals surface area contributed by atoms with Gasteiger partial charge in [0.05, 0.1) is 6.61 Å². The normalized spacial score (nSPS) is 16.6. The molecule has 1 fully saturated rings. The van der Waals surface area contributed by atoms with Crippen molar-refractivity contribution in [1.82, 2.24) is 14.9 Å². The number of ether oxygens (including phenoxy) is 1. The van der Waals surface area contributed by atoms with Crippen LogP contribution in [0.5, 0.6) is 0 Å². The second-order valence-corrected chi connectivity index (χ2v) is 7.10. The number of carbonyl (C=O) groups is 1. The van der Waals surface area contributed by atoms with Gasteiger partial charge in [0, 0.05) is 32.1 Å². The molecule has 1 aliphatic carbocycles. The van der Waals surface area contributed by atoms with Crippen LogP contribution in [0, 0.1) is 5.92 Å². The molecular weight excluding hydrogens is 338 g/mol. The molecule has 0 spiro atoms. The average molecular weight is 358 g/mol. The van der Waals surface area contributed by atoms with Gasteiger partial charge in [0.15, 0.2) is 0 Å². The van der Waals surface area contributed by atoms with Gasteiger partial charge >= 0.3 is 0 Å². The molecule has 1 amide bonds. The maximum absolute atomic E-state index is 12.7. The smallest absolute Gasteiger partial charge is 0.272 e. The van der Waals surface area contributed by atoms with Crippen LogP contribution < -0.4 is 0 Å². The van der Waals surface area contributed by atoms with E-state index in [4.69, 9.17) is 16.3 Å². The van der Waals surface area contributed by atoms with Crippen LogP contribution in [0.2, 0.25) is 5.15 Å². The Balaban J connectivity index is 1.46. The summed E-state index contributed by atoms with van der Waals surface area (Å²) in [6, 6.07) is 5.11. The fourth-order valence-electron chi connectivity index (χ4n) is 3.18. The molecule has 6 heteroatoms. The predicted molar refractivity (Wildman–Crippen MR) is 94.3 cm³/mol. The first-order valence-corrected chi connectivity index (χ1v) is 9.02. The minimum Gasteiger partial charge on any atom is -0.376 e. The van der Waals surface area contributed by atoms with E-state index in [1.165, 1.54) is 18.4 Å². The maximum Gasteiger partial charge on any atom is 0.272 e. The quantitative estimate of drug-likeness (QED) is 0.771. The van der Waals surface area contributed by atoms with Crippen LogP contribution in [-0.4, -0.2) is 33.9 Å². The zero-order chi connectivity index (χ0) is 17.2. The Bertz CT molecular complexity index is 792. The number of halogens is 1. The van der Waals surface area contributed by atoms with Crippen LogP contribution >= 0.6 is 11.6 Å². The second-order valence-electron chi connectivity index (χ2n) is 6.72. The van der Waals surface area contributed by atoms with Crippen LogP contribution in [0.1, 0.15) is 40.0 Å². The predicted octanol–water partition coefficient (Wildman–Crippen LogP) is 3.26. The third-order valence-corrected chi connectivity index (χ3v) is 4.97. The Morgan fingerprint density at radius 2 is 2.20 bits per heavy atom. The highest BCUT2D eigenvalue weighted by atomic mass is 35.5. The molecule has 3 heterocycles. The van der Waals surface area contributed by atoms with Crippen molar-refractivity contribution in [2.24, 2.45) is 5.92 Å². The molecule has 0 N–H and O–H groups in total. The highest BCUT2D eigenvalue weighted by Crippen LogP contribution is 2.29. The zero-order valence-electron chi connectivity index (χ0n) is 13.9. The summed E-state index contributed by atoms with van der Waals surface area (Å²) in [4.78, 5) is 22.9. The number of amides is 1. The average Bonchev–Trinajstić information content (AvgIpc) is 3.45. The number of fused-ring (bicyclic) bond motifs is 1. The van der Waals surface area contributed by atoms with Gasteiger partial charge in [-0.05, 0) is 54.0 Å². The number of nitrogens with zero attached hydrogens (tertiary/aromatic N) is 3. The van der Waals surface area contributed by atoms with Gasteiger partial charge in [-0.3, -0.25) is 9.78 Å². The van der Waals surface area contributed by atoms with Crippen molar-refractivity contribution in [3.05, 3.63) is 58.1 Å². The van der Waals surface area contributed by atoms with Crippen LogP contribution in [0.3, 0.4) is 0 Å². The summed E-state index contributed by atoms with van der Waals surface area (Å²) in [6.07, 6.45) is 7.14. The molecule has 25 heavy (non-hydrogen) atoms. The summed E-state index contributed by atoms with van der Waals surface area (Å²) < 4.78 is 5.82. The van der Waals surface area contributed by atoms with E-state index >= 15 is 0 Å². The van der Waals surface area contributed by atoms with E-state index in [0.717, 1.165) is 30.1 Å². The zero-order valence-corrected chi connectivity index (χ0v) is 14.7. The van der Waals surface area contributed by atoms with E-state index in [1.807, 2.05) is 12.4 Å². The minimum absolute atomic E-state index is 0.0939. The SMILES string of the molecule is O=C(c1cccc(Cl)n1)N1CCc2c(COCC3CC3)cncc2C1. The molecule has 2 aromatic heterocycles. The third-order valence-electron chi connectivity index (χ3n) is 4.76. The molecule has 2 aliphatic rings. The Morgan fingerprint density at radius 1 is 1.32 bits per heavy atom. The van der Waals surface area contributed by atoms with E-state index in [-0.39, 0.29) is 5.91 Å². The van der Waals surface area contributed by atoms with E-state index in [2.05, 4.69) is 9.97 Å². The highest BCUT2D eigenvalue weighted by Gasteiger charge is 2.25. The van der Waals surface area contributed by atoms with E-state index < -0.39 is 0 Å². The molecule has 4 rings (SSSR count). The molecule has 1 aliphatic heterocycles. The van der Waals surface area contributed by atoms with E-state index in [1.54, 1.807) is 23.1 Å². The first kappa shape index (κ1) is 16.5. The minimum atomic E-state index is -0.0939. The van der Waals surface area contributed by atoms with Crippen molar-refractivity contribution in [1.29, 1.82) is 0 Å². The Hall–Kier alpha value is -1.98. The van der Waals surface area contributed by atoms with Gasteiger partial charge in [0.2, 0.25) is 0 Å². The monoisotopic (exact) mass is 357 g/mol. The van der Waals surface area contributed by atoms with Crippen molar-refractivity contribution in [2.75, 3.05) is 13.2 Å². The first-order chi connectivity index (χ1) is 12.2. The molecule has 0 atom stereocenters. The number of aromatic nitrogens is 2. The Labute approximate surface area is 152 Å². The molecule has 0 unspecified atom stereocenters. The largest absolute Gasteiger partial charge is 0.376 e. The molecule has 0 radical (unpaired) electrons. The summed E-state index contributed by atoms with van der Waals surface area (Å²) in [6.45, 7) is 2.66. The fourth-order valence-corrected chi connectivity index (χ4v) is 3.34. The third kappa shape index (κ3) is 3.83. The summed E-state index contributed by atoms with van der Waals surface area (Å²) in [5, 5.41) is 0.333. The van der Waals surface area contributed by atoms with Gasteiger partial charge in [-0.2, -0.15) is 0 Å². The van der Waals surface area contributed by atoms with Crippen molar-refractivity contribution < 1.29 is 9.53 Å². The van der Waals surface area contributed by atoms with Gasteiger partial charge in [-0.15, -0.1) is 0 Å². The molecule has 2 aromatic rings. The first-order valence-electron chi connectivity index (χ1n) is 8.65. The van der Waals surface area contributed by atoms with Crippen molar-refractivity contribution in [3.8, 4) is 0 Å². The van der Waals surface area contributed by atoms with Crippen molar-refractivity contribution in [3.63, 3.8) is 0 Å². The molecule has 130 valence electrons. The summed E-state index contributed by atoms with van der Waals surface area (Å²) in [5.41, 5.74) is 3.89. The number of hydrogen-bond donors (Lipinski definition) is 0. The van der Waals surface area contributed by atoms with Crippen LogP contribution in [-0.2, 0) is 24.3 Å². The lowest BCUT2D eigenvalue weighted by atomic mass is 9.97. The molecule has 1 saturated carbocycles. The fraction of sp³-hybridized carbons (Fsp3) is 0.421. The molecular formula is C19H20ClN3O2. The van der Waals surface area contributed by atoms with Gasteiger partial charge in [0.1, 0.15) is 10.8 Å². The molecule has 0 saturated heterocycles. The lowest BCUT2D eigenvalue weighted by Crippen LogP contribution is -2.37. The second kappa shape index (κ2) is 7.10. The maximum atomic E-state index is 12.7. The molecule has 5 nitrogen and oxygen atoms in total. The summed E-state index contributed by atoms with van der Waals surface area (Å²) in [7, 11) is 0. The van der Waals surface area contributed by atoms with Crippen molar-refractivity contribution >= 4 is 17.5 Å². The topological polar surface area (TPSA) is 55.3 Å². The van der Waals surface area contributed by atoms with Gasteiger partial charge in [-0.25, -0.2) is 4.98 Å². The number of hydrogen-bond acceptors (Lipinski definition) is 4. The molecule has 0 bridgehead atoms. The molecule has 0 aromatic carbocycles. The van der Waals surface area contributed by atoms with E-state index in [0.29, 0.717) is 30.5 Å². The number of carbonyl (C=O) groups excluding carboxylic acids is 1.